The largest absolute Gasteiger partial charge is 0.323 e. The SMILES string of the molecule is Cc1csc(NC(=O)N(CCc2ccccc2)Cc2ccccc2)n1. The fourth-order valence-electron chi connectivity index (χ4n) is 2.55. The summed E-state index contributed by atoms with van der Waals surface area (Å²) in [7, 11) is 0. The summed E-state index contributed by atoms with van der Waals surface area (Å²) in [6.45, 7) is 3.14. The highest BCUT2D eigenvalue weighted by atomic mass is 32.1. The van der Waals surface area contributed by atoms with E-state index in [0.29, 0.717) is 18.2 Å². The van der Waals surface area contributed by atoms with Crippen LogP contribution in [0, 0.1) is 6.92 Å². The summed E-state index contributed by atoms with van der Waals surface area (Å²) < 4.78 is 0. The zero-order chi connectivity index (χ0) is 17.5. The summed E-state index contributed by atoms with van der Waals surface area (Å²) in [6.07, 6.45) is 0.817. The number of urea groups is 1. The molecule has 0 atom stereocenters. The Kier molecular flexibility index (Phi) is 5.80. The van der Waals surface area contributed by atoms with Gasteiger partial charge in [0.25, 0.3) is 0 Å². The molecule has 0 saturated carbocycles. The summed E-state index contributed by atoms with van der Waals surface area (Å²) in [5.74, 6) is 0. The minimum atomic E-state index is -0.117. The molecule has 0 bridgehead atoms. The molecule has 1 heterocycles. The van der Waals surface area contributed by atoms with Gasteiger partial charge in [0.15, 0.2) is 5.13 Å². The van der Waals surface area contributed by atoms with E-state index in [1.807, 2.05) is 65.7 Å². The number of benzene rings is 2. The van der Waals surface area contributed by atoms with Crippen LogP contribution in [0.3, 0.4) is 0 Å². The maximum Gasteiger partial charge on any atom is 0.323 e. The average Bonchev–Trinajstić information content (AvgIpc) is 3.05. The van der Waals surface area contributed by atoms with Crippen LogP contribution in [-0.2, 0) is 13.0 Å². The number of carbonyl (C=O) groups excluding carboxylic acids is 1. The number of nitrogens with zero attached hydrogens (tertiary/aromatic N) is 2. The third-order valence-electron chi connectivity index (χ3n) is 3.85. The van der Waals surface area contributed by atoms with Crippen LogP contribution in [0.15, 0.2) is 66.0 Å². The molecule has 3 rings (SSSR count). The number of amides is 2. The first-order valence-corrected chi connectivity index (χ1v) is 9.14. The Hall–Kier alpha value is -2.66. The molecule has 0 aliphatic carbocycles. The second-order valence-electron chi connectivity index (χ2n) is 5.87. The Bertz CT molecular complexity index is 802. The molecule has 2 amide bonds. The Morgan fingerprint density at radius 3 is 2.28 bits per heavy atom. The van der Waals surface area contributed by atoms with Crippen molar-refractivity contribution in [2.24, 2.45) is 0 Å². The summed E-state index contributed by atoms with van der Waals surface area (Å²) in [6, 6.07) is 20.1. The number of nitrogens with one attached hydrogen (secondary N) is 1. The molecule has 0 radical (unpaired) electrons. The quantitative estimate of drug-likeness (QED) is 0.698. The van der Waals surface area contributed by atoms with E-state index >= 15 is 0 Å². The van der Waals surface area contributed by atoms with Gasteiger partial charge in [0, 0.05) is 18.5 Å². The van der Waals surface area contributed by atoms with Crippen molar-refractivity contribution in [3.8, 4) is 0 Å². The van der Waals surface area contributed by atoms with E-state index in [9.17, 15) is 4.79 Å². The van der Waals surface area contributed by atoms with E-state index < -0.39 is 0 Å². The van der Waals surface area contributed by atoms with Gasteiger partial charge in [0.1, 0.15) is 0 Å². The predicted molar refractivity (Wildman–Crippen MR) is 103 cm³/mol. The smallest absolute Gasteiger partial charge is 0.320 e. The van der Waals surface area contributed by atoms with Crippen molar-refractivity contribution in [3.05, 3.63) is 82.9 Å². The van der Waals surface area contributed by atoms with Gasteiger partial charge in [-0.05, 0) is 24.5 Å². The lowest BCUT2D eigenvalue weighted by molar-refractivity contribution is 0.210. The summed E-state index contributed by atoms with van der Waals surface area (Å²) in [5.41, 5.74) is 3.25. The first kappa shape index (κ1) is 17.2. The van der Waals surface area contributed by atoms with Gasteiger partial charge in [-0.2, -0.15) is 0 Å². The first-order valence-electron chi connectivity index (χ1n) is 8.26. The van der Waals surface area contributed by atoms with Gasteiger partial charge in [-0.25, -0.2) is 9.78 Å². The summed E-state index contributed by atoms with van der Waals surface area (Å²) >= 11 is 1.45. The van der Waals surface area contributed by atoms with Crippen molar-refractivity contribution in [2.75, 3.05) is 11.9 Å². The number of thiazole rings is 1. The van der Waals surface area contributed by atoms with Crippen LogP contribution in [0.1, 0.15) is 16.8 Å². The molecule has 1 aromatic heterocycles. The molecule has 2 aromatic carbocycles. The fourth-order valence-corrected chi connectivity index (χ4v) is 3.22. The van der Waals surface area contributed by atoms with Gasteiger partial charge < -0.3 is 4.90 Å². The molecule has 5 heteroatoms. The number of hydrogen-bond acceptors (Lipinski definition) is 3. The van der Waals surface area contributed by atoms with Gasteiger partial charge in [0.05, 0.1) is 5.69 Å². The Morgan fingerprint density at radius 1 is 1.04 bits per heavy atom. The lowest BCUT2D eigenvalue weighted by Gasteiger charge is -2.23. The van der Waals surface area contributed by atoms with Crippen molar-refractivity contribution in [1.82, 2.24) is 9.88 Å². The standard InChI is InChI=1S/C20H21N3OS/c1-16-15-25-19(21-16)22-20(24)23(14-18-10-6-3-7-11-18)13-12-17-8-4-2-5-9-17/h2-11,15H,12-14H2,1H3,(H,21,22,24). The number of rotatable bonds is 6. The van der Waals surface area contributed by atoms with Crippen molar-refractivity contribution in [1.29, 1.82) is 0 Å². The Morgan fingerprint density at radius 2 is 1.68 bits per heavy atom. The van der Waals surface area contributed by atoms with Gasteiger partial charge >= 0.3 is 6.03 Å². The van der Waals surface area contributed by atoms with E-state index in [1.54, 1.807) is 0 Å². The van der Waals surface area contributed by atoms with Crippen LogP contribution >= 0.6 is 11.3 Å². The minimum Gasteiger partial charge on any atom is -0.320 e. The van der Waals surface area contributed by atoms with Gasteiger partial charge in [0.2, 0.25) is 0 Å². The third-order valence-corrected chi connectivity index (χ3v) is 4.73. The molecular weight excluding hydrogens is 330 g/mol. The molecule has 0 aliphatic heterocycles. The van der Waals surface area contributed by atoms with Crippen LogP contribution in [0.2, 0.25) is 0 Å². The fraction of sp³-hybridized carbons (Fsp3) is 0.200. The Balaban J connectivity index is 1.69. The molecule has 0 saturated heterocycles. The molecular formula is C20H21N3OS. The minimum absolute atomic E-state index is 0.117. The molecule has 0 fully saturated rings. The van der Waals surface area contributed by atoms with Crippen LogP contribution in [0.4, 0.5) is 9.93 Å². The second-order valence-corrected chi connectivity index (χ2v) is 6.73. The molecule has 0 spiro atoms. The maximum atomic E-state index is 12.7. The average molecular weight is 351 g/mol. The molecule has 1 N–H and O–H groups in total. The van der Waals surface area contributed by atoms with Crippen LogP contribution in [0.5, 0.6) is 0 Å². The van der Waals surface area contributed by atoms with E-state index in [0.717, 1.165) is 17.7 Å². The normalized spacial score (nSPS) is 10.4. The topological polar surface area (TPSA) is 45.2 Å². The van der Waals surface area contributed by atoms with E-state index in [1.165, 1.54) is 16.9 Å². The first-order chi connectivity index (χ1) is 12.2. The van der Waals surface area contributed by atoms with Gasteiger partial charge in [-0.3, -0.25) is 5.32 Å². The van der Waals surface area contributed by atoms with E-state index in [4.69, 9.17) is 0 Å². The van der Waals surface area contributed by atoms with Crippen molar-refractivity contribution < 1.29 is 4.79 Å². The third kappa shape index (κ3) is 5.16. The van der Waals surface area contributed by atoms with Crippen LogP contribution < -0.4 is 5.32 Å². The number of hydrogen-bond donors (Lipinski definition) is 1. The van der Waals surface area contributed by atoms with E-state index in [-0.39, 0.29) is 6.03 Å². The molecule has 3 aromatic rings. The predicted octanol–water partition coefficient (Wildman–Crippen LogP) is 4.73. The number of aryl methyl sites for hydroxylation is 1. The molecule has 128 valence electrons. The molecule has 0 unspecified atom stereocenters. The molecule has 25 heavy (non-hydrogen) atoms. The zero-order valence-corrected chi connectivity index (χ0v) is 15.0. The highest BCUT2D eigenvalue weighted by Gasteiger charge is 2.15. The highest BCUT2D eigenvalue weighted by molar-refractivity contribution is 7.13. The molecule has 0 aliphatic rings. The lowest BCUT2D eigenvalue weighted by Crippen LogP contribution is -2.36. The maximum absolute atomic E-state index is 12.7. The van der Waals surface area contributed by atoms with Gasteiger partial charge in [-0.15, -0.1) is 11.3 Å². The second kappa shape index (κ2) is 8.44. The highest BCUT2D eigenvalue weighted by Crippen LogP contribution is 2.16. The van der Waals surface area contributed by atoms with E-state index in [2.05, 4.69) is 22.4 Å². The monoisotopic (exact) mass is 351 g/mol. The van der Waals surface area contributed by atoms with Crippen LogP contribution in [0.25, 0.3) is 0 Å². The number of aromatic nitrogens is 1. The summed E-state index contributed by atoms with van der Waals surface area (Å²) in [5, 5.41) is 5.48. The van der Waals surface area contributed by atoms with Crippen molar-refractivity contribution >= 4 is 22.5 Å². The van der Waals surface area contributed by atoms with Crippen LogP contribution in [-0.4, -0.2) is 22.5 Å². The number of carbonyl (C=O) groups is 1. The summed E-state index contributed by atoms with van der Waals surface area (Å²) in [4.78, 5) is 18.9. The van der Waals surface area contributed by atoms with Crippen molar-refractivity contribution in [3.63, 3.8) is 0 Å². The lowest BCUT2D eigenvalue weighted by atomic mass is 10.1. The molecule has 4 nitrogen and oxygen atoms in total. The Labute approximate surface area is 152 Å². The van der Waals surface area contributed by atoms with Crippen molar-refractivity contribution in [2.45, 2.75) is 19.9 Å². The number of anilines is 1. The van der Waals surface area contributed by atoms with Gasteiger partial charge in [-0.1, -0.05) is 60.7 Å². The zero-order valence-electron chi connectivity index (χ0n) is 14.2.